The first kappa shape index (κ1) is 17.2. The second-order valence-electron chi connectivity index (χ2n) is 4.26. The van der Waals surface area contributed by atoms with E-state index < -0.39 is 21.9 Å². The van der Waals surface area contributed by atoms with Crippen molar-refractivity contribution in [3.05, 3.63) is 18.0 Å². The van der Waals surface area contributed by atoms with Crippen LogP contribution in [0.1, 0.15) is 17.4 Å². The standard InChI is InChI=1S/C12H19N3O5S/c1-5-15(8-11(16)20-4)21(18,19)9-6-10(12(17)13-2)14(3)7-9/h6-7H,5,8H2,1-4H3,(H,13,17). The fourth-order valence-electron chi connectivity index (χ4n) is 1.75. The number of likely N-dealkylation sites (N-methyl/N-ethyl adjacent to an activating group) is 1. The van der Waals surface area contributed by atoms with E-state index >= 15 is 0 Å². The maximum atomic E-state index is 12.5. The smallest absolute Gasteiger partial charge is 0.321 e. The Bertz CT molecular complexity index is 635. The molecule has 1 amide bonds. The molecule has 0 aromatic carbocycles. The van der Waals surface area contributed by atoms with Crippen molar-refractivity contribution in [2.24, 2.45) is 7.05 Å². The molecule has 0 spiro atoms. The fourth-order valence-corrected chi connectivity index (χ4v) is 3.22. The molecule has 0 aliphatic heterocycles. The van der Waals surface area contributed by atoms with Crippen molar-refractivity contribution in [3.63, 3.8) is 0 Å². The summed E-state index contributed by atoms with van der Waals surface area (Å²) in [5, 5.41) is 2.43. The fraction of sp³-hybridized carbons (Fsp3) is 0.500. The van der Waals surface area contributed by atoms with Gasteiger partial charge in [0, 0.05) is 26.8 Å². The quantitative estimate of drug-likeness (QED) is 0.718. The van der Waals surface area contributed by atoms with Crippen LogP contribution in [0.25, 0.3) is 0 Å². The van der Waals surface area contributed by atoms with Crippen molar-refractivity contribution in [1.82, 2.24) is 14.2 Å². The Morgan fingerprint density at radius 3 is 2.52 bits per heavy atom. The first-order valence-electron chi connectivity index (χ1n) is 6.23. The third-order valence-corrected chi connectivity index (χ3v) is 4.85. The van der Waals surface area contributed by atoms with Gasteiger partial charge in [0.25, 0.3) is 5.91 Å². The van der Waals surface area contributed by atoms with Gasteiger partial charge >= 0.3 is 5.97 Å². The van der Waals surface area contributed by atoms with Gasteiger partial charge in [-0.15, -0.1) is 0 Å². The number of hydrogen-bond acceptors (Lipinski definition) is 5. The number of ether oxygens (including phenoxy) is 1. The topological polar surface area (TPSA) is 97.7 Å². The number of carbonyl (C=O) groups excluding carboxylic acids is 2. The van der Waals surface area contributed by atoms with E-state index in [2.05, 4.69) is 10.1 Å². The van der Waals surface area contributed by atoms with Crippen LogP contribution in [-0.2, 0) is 26.6 Å². The number of nitrogens with one attached hydrogen (secondary N) is 1. The molecule has 0 unspecified atom stereocenters. The summed E-state index contributed by atoms with van der Waals surface area (Å²) in [7, 11) is 0.349. The zero-order chi connectivity index (χ0) is 16.2. The summed E-state index contributed by atoms with van der Waals surface area (Å²) in [4.78, 5) is 22.9. The third-order valence-electron chi connectivity index (χ3n) is 2.96. The molecule has 0 aliphatic carbocycles. The molecule has 0 aliphatic rings. The lowest BCUT2D eigenvalue weighted by Crippen LogP contribution is -2.35. The Hall–Kier alpha value is -1.87. The molecule has 1 N–H and O–H groups in total. The van der Waals surface area contributed by atoms with Gasteiger partial charge < -0.3 is 14.6 Å². The van der Waals surface area contributed by atoms with Crippen LogP contribution in [-0.4, -0.2) is 56.4 Å². The summed E-state index contributed by atoms with van der Waals surface area (Å²) in [5.41, 5.74) is 0.213. The second kappa shape index (κ2) is 6.72. The minimum Gasteiger partial charge on any atom is -0.468 e. The summed E-state index contributed by atoms with van der Waals surface area (Å²) in [5.74, 6) is -1.04. The Morgan fingerprint density at radius 2 is 2.05 bits per heavy atom. The molecule has 1 heterocycles. The SMILES string of the molecule is CCN(CC(=O)OC)S(=O)(=O)c1cc(C(=O)NC)n(C)c1. The van der Waals surface area contributed by atoms with E-state index in [4.69, 9.17) is 0 Å². The van der Waals surface area contributed by atoms with Gasteiger partial charge in [0.15, 0.2) is 0 Å². The minimum atomic E-state index is -3.87. The number of sulfonamides is 1. The van der Waals surface area contributed by atoms with Crippen molar-refractivity contribution in [3.8, 4) is 0 Å². The van der Waals surface area contributed by atoms with Crippen molar-refractivity contribution in [2.75, 3.05) is 27.2 Å². The lowest BCUT2D eigenvalue weighted by atomic mass is 10.4. The van der Waals surface area contributed by atoms with Crippen LogP contribution in [0, 0.1) is 0 Å². The molecule has 1 aromatic heterocycles. The van der Waals surface area contributed by atoms with Crippen LogP contribution in [0.3, 0.4) is 0 Å². The van der Waals surface area contributed by atoms with Crippen LogP contribution in [0.4, 0.5) is 0 Å². The number of aryl methyl sites for hydroxylation is 1. The van der Waals surface area contributed by atoms with Crippen LogP contribution >= 0.6 is 0 Å². The Kier molecular flexibility index (Phi) is 5.50. The summed E-state index contributed by atoms with van der Waals surface area (Å²) in [6.45, 7) is 1.35. The highest BCUT2D eigenvalue weighted by molar-refractivity contribution is 7.89. The zero-order valence-electron chi connectivity index (χ0n) is 12.4. The number of hydrogen-bond donors (Lipinski definition) is 1. The number of aromatic nitrogens is 1. The number of esters is 1. The van der Waals surface area contributed by atoms with Crippen LogP contribution in [0.2, 0.25) is 0 Å². The van der Waals surface area contributed by atoms with Gasteiger partial charge in [-0.25, -0.2) is 8.42 Å². The Balaban J connectivity index is 3.17. The Morgan fingerprint density at radius 1 is 1.43 bits per heavy atom. The molecule has 1 rings (SSSR count). The monoisotopic (exact) mass is 317 g/mol. The summed E-state index contributed by atoms with van der Waals surface area (Å²) >= 11 is 0. The van der Waals surface area contributed by atoms with E-state index in [1.807, 2.05) is 0 Å². The van der Waals surface area contributed by atoms with Gasteiger partial charge in [0.05, 0.1) is 7.11 Å². The molecule has 0 atom stereocenters. The van der Waals surface area contributed by atoms with E-state index in [1.54, 1.807) is 14.0 Å². The average molecular weight is 317 g/mol. The predicted octanol–water partition coefficient (Wildman–Crippen LogP) is -0.432. The lowest BCUT2D eigenvalue weighted by molar-refractivity contribution is -0.140. The summed E-state index contributed by atoms with van der Waals surface area (Å²) in [6, 6.07) is 1.27. The molecule has 0 saturated heterocycles. The van der Waals surface area contributed by atoms with E-state index in [-0.39, 0.29) is 23.7 Å². The van der Waals surface area contributed by atoms with E-state index in [0.29, 0.717) is 0 Å². The van der Waals surface area contributed by atoms with Gasteiger partial charge in [-0.3, -0.25) is 9.59 Å². The highest BCUT2D eigenvalue weighted by Gasteiger charge is 2.28. The minimum absolute atomic E-state index is 0.0469. The average Bonchev–Trinajstić information content (AvgIpc) is 2.85. The molecule has 1 aromatic rings. The molecule has 118 valence electrons. The highest BCUT2D eigenvalue weighted by atomic mass is 32.2. The summed E-state index contributed by atoms with van der Waals surface area (Å²) < 4.78 is 31.8. The van der Waals surface area contributed by atoms with Gasteiger partial charge in [-0.05, 0) is 6.07 Å². The molecular formula is C12H19N3O5S. The van der Waals surface area contributed by atoms with E-state index in [1.165, 1.54) is 31.0 Å². The molecular weight excluding hydrogens is 298 g/mol. The van der Waals surface area contributed by atoms with Crippen LogP contribution in [0.15, 0.2) is 17.2 Å². The van der Waals surface area contributed by atoms with Gasteiger partial charge in [-0.1, -0.05) is 6.92 Å². The second-order valence-corrected chi connectivity index (χ2v) is 6.20. The maximum absolute atomic E-state index is 12.5. The van der Waals surface area contributed by atoms with Gasteiger partial charge in [0.1, 0.15) is 17.1 Å². The lowest BCUT2D eigenvalue weighted by Gasteiger charge is -2.18. The van der Waals surface area contributed by atoms with Crippen molar-refractivity contribution < 1.29 is 22.7 Å². The first-order chi connectivity index (χ1) is 9.77. The molecule has 0 fully saturated rings. The number of carbonyl (C=O) groups is 2. The van der Waals surface area contributed by atoms with E-state index in [0.717, 1.165) is 4.31 Å². The summed E-state index contributed by atoms with van der Waals surface area (Å²) in [6.07, 6.45) is 1.33. The molecule has 21 heavy (non-hydrogen) atoms. The normalized spacial score (nSPS) is 11.5. The number of methoxy groups -OCH3 is 1. The molecule has 8 nitrogen and oxygen atoms in total. The molecule has 0 bridgehead atoms. The van der Waals surface area contributed by atoms with Crippen LogP contribution < -0.4 is 5.32 Å². The Labute approximate surface area is 123 Å². The zero-order valence-corrected chi connectivity index (χ0v) is 13.2. The van der Waals surface area contributed by atoms with Crippen LogP contribution in [0.5, 0.6) is 0 Å². The van der Waals surface area contributed by atoms with Gasteiger partial charge in [-0.2, -0.15) is 4.31 Å². The van der Waals surface area contributed by atoms with Crippen molar-refractivity contribution in [1.29, 1.82) is 0 Å². The largest absolute Gasteiger partial charge is 0.468 e. The number of rotatable bonds is 6. The maximum Gasteiger partial charge on any atom is 0.321 e. The third kappa shape index (κ3) is 3.61. The predicted molar refractivity (Wildman–Crippen MR) is 75.3 cm³/mol. The van der Waals surface area contributed by atoms with E-state index in [9.17, 15) is 18.0 Å². The number of amides is 1. The molecule has 0 radical (unpaired) electrons. The number of nitrogens with zero attached hydrogens (tertiary/aromatic N) is 2. The van der Waals surface area contributed by atoms with Crippen molar-refractivity contribution >= 4 is 21.9 Å². The highest BCUT2D eigenvalue weighted by Crippen LogP contribution is 2.18. The molecule has 0 saturated carbocycles. The van der Waals surface area contributed by atoms with Crippen molar-refractivity contribution in [2.45, 2.75) is 11.8 Å². The van der Waals surface area contributed by atoms with Gasteiger partial charge in [0.2, 0.25) is 10.0 Å². The first-order valence-corrected chi connectivity index (χ1v) is 7.67. The molecule has 9 heteroatoms.